The van der Waals surface area contributed by atoms with Crippen molar-refractivity contribution in [1.82, 2.24) is 0 Å². The van der Waals surface area contributed by atoms with Crippen LogP contribution in [-0.4, -0.2) is 10.9 Å². The van der Waals surface area contributed by atoms with Crippen molar-refractivity contribution in [3.8, 4) is 5.75 Å². The zero-order valence-electron chi connectivity index (χ0n) is 8.66. The molecular formula is C12H16O2. The van der Waals surface area contributed by atoms with Gasteiger partial charge < -0.3 is 9.90 Å². The van der Waals surface area contributed by atoms with Crippen LogP contribution in [0.15, 0.2) is 24.3 Å². The van der Waals surface area contributed by atoms with Gasteiger partial charge >= 0.3 is 0 Å². The van der Waals surface area contributed by atoms with Gasteiger partial charge in [-0.15, -0.1) is 0 Å². The summed E-state index contributed by atoms with van der Waals surface area (Å²) in [6, 6.07) is 7.17. The molecule has 0 fully saturated rings. The maximum absolute atomic E-state index is 10.8. The summed E-state index contributed by atoms with van der Waals surface area (Å²) in [6.07, 6.45) is 1.50. The van der Waals surface area contributed by atoms with Crippen molar-refractivity contribution in [1.29, 1.82) is 0 Å². The Kier molecular flexibility index (Phi) is 3.69. The van der Waals surface area contributed by atoms with Gasteiger partial charge in [0.05, 0.1) is 0 Å². The lowest BCUT2D eigenvalue weighted by molar-refractivity contribution is -0.117. The summed E-state index contributed by atoms with van der Waals surface area (Å²) in [4.78, 5) is 10.8. The van der Waals surface area contributed by atoms with Crippen LogP contribution < -0.4 is 0 Å². The molecule has 14 heavy (non-hydrogen) atoms. The van der Waals surface area contributed by atoms with Gasteiger partial charge in [0.15, 0.2) is 0 Å². The lowest BCUT2D eigenvalue weighted by atomic mass is 9.95. The van der Waals surface area contributed by atoms with E-state index in [0.717, 1.165) is 6.42 Å². The van der Waals surface area contributed by atoms with Gasteiger partial charge in [-0.1, -0.05) is 19.1 Å². The quantitative estimate of drug-likeness (QED) is 0.796. The van der Waals surface area contributed by atoms with E-state index in [4.69, 9.17) is 5.11 Å². The number of phenolic OH excluding ortho intramolecular Hbond substituents is 1. The average Bonchev–Trinajstić information content (AvgIpc) is 2.15. The number of phenols is 1. The molecule has 1 atom stereocenters. The second kappa shape index (κ2) is 4.80. The summed E-state index contributed by atoms with van der Waals surface area (Å²) in [6.45, 7) is 3.71. The summed E-state index contributed by atoms with van der Waals surface area (Å²) < 4.78 is 0. The zero-order chi connectivity index (χ0) is 10.6. The van der Waals surface area contributed by atoms with E-state index in [-0.39, 0.29) is 11.5 Å². The van der Waals surface area contributed by atoms with Crippen LogP contribution in [0.1, 0.15) is 38.2 Å². The third-order valence-electron chi connectivity index (χ3n) is 2.39. The summed E-state index contributed by atoms with van der Waals surface area (Å²) in [7, 11) is 0. The molecule has 0 aliphatic heterocycles. The van der Waals surface area contributed by atoms with Crippen molar-refractivity contribution >= 4 is 5.78 Å². The molecule has 2 nitrogen and oxygen atoms in total. The monoisotopic (exact) mass is 192 g/mol. The number of carbonyl (C=O) groups is 1. The van der Waals surface area contributed by atoms with Crippen LogP contribution in [-0.2, 0) is 4.79 Å². The van der Waals surface area contributed by atoms with Gasteiger partial charge in [-0.2, -0.15) is 0 Å². The van der Waals surface area contributed by atoms with Crippen LogP contribution in [0.25, 0.3) is 0 Å². The molecule has 0 aliphatic rings. The maximum atomic E-state index is 10.8. The molecule has 0 aromatic heterocycles. The fourth-order valence-corrected chi connectivity index (χ4v) is 1.39. The summed E-state index contributed by atoms with van der Waals surface area (Å²) in [5, 5.41) is 9.10. The van der Waals surface area contributed by atoms with Gasteiger partial charge in [-0.25, -0.2) is 0 Å². The van der Waals surface area contributed by atoms with E-state index in [9.17, 15) is 4.79 Å². The third kappa shape index (κ3) is 3.21. The average molecular weight is 192 g/mol. The van der Waals surface area contributed by atoms with Crippen LogP contribution in [0.4, 0.5) is 0 Å². The van der Waals surface area contributed by atoms with Crippen LogP contribution in [0.2, 0.25) is 0 Å². The van der Waals surface area contributed by atoms with Crippen LogP contribution in [0.3, 0.4) is 0 Å². The highest BCUT2D eigenvalue weighted by Gasteiger charge is 2.06. The fourth-order valence-electron chi connectivity index (χ4n) is 1.39. The molecular weight excluding hydrogens is 176 g/mol. The molecule has 0 radical (unpaired) electrons. The predicted molar refractivity (Wildman–Crippen MR) is 56.4 cm³/mol. The first-order chi connectivity index (χ1) is 6.59. The van der Waals surface area contributed by atoms with Gasteiger partial charge in [0, 0.05) is 6.42 Å². The molecule has 1 aromatic carbocycles. The Hall–Kier alpha value is -1.31. The number of Topliss-reactive ketones (excluding diaryl/α,β-unsaturated/α-hetero) is 1. The Morgan fingerprint density at radius 3 is 2.43 bits per heavy atom. The molecule has 0 heterocycles. The standard InChI is InChI=1S/C12H16O2/c1-9(3-4-10(2)13)11-5-7-12(14)8-6-11/h5-9,14H,3-4H2,1-2H3. The van der Waals surface area contributed by atoms with Gasteiger partial charge in [0.2, 0.25) is 0 Å². The Morgan fingerprint density at radius 2 is 1.93 bits per heavy atom. The summed E-state index contributed by atoms with van der Waals surface area (Å²) >= 11 is 0. The minimum absolute atomic E-state index is 0.232. The number of hydrogen-bond acceptors (Lipinski definition) is 2. The molecule has 0 saturated carbocycles. The van der Waals surface area contributed by atoms with Crippen LogP contribution >= 0.6 is 0 Å². The Morgan fingerprint density at radius 1 is 1.36 bits per heavy atom. The molecule has 76 valence electrons. The zero-order valence-corrected chi connectivity index (χ0v) is 8.66. The largest absolute Gasteiger partial charge is 0.508 e. The van der Waals surface area contributed by atoms with Crippen molar-refractivity contribution in [3.63, 3.8) is 0 Å². The predicted octanol–water partition coefficient (Wildman–Crippen LogP) is 2.86. The highest BCUT2D eigenvalue weighted by molar-refractivity contribution is 5.75. The molecule has 1 rings (SSSR count). The minimum atomic E-state index is 0.232. The number of ketones is 1. The molecule has 2 heteroatoms. The number of rotatable bonds is 4. The van der Waals surface area contributed by atoms with Crippen molar-refractivity contribution < 1.29 is 9.90 Å². The van der Waals surface area contributed by atoms with E-state index in [1.165, 1.54) is 5.56 Å². The van der Waals surface area contributed by atoms with E-state index < -0.39 is 0 Å². The normalized spacial score (nSPS) is 12.4. The molecule has 1 aromatic rings. The van der Waals surface area contributed by atoms with Crippen molar-refractivity contribution in [2.24, 2.45) is 0 Å². The third-order valence-corrected chi connectivity index (χ3v) is 2.39. The Balaban J connectivity index is 2.56. The summed E-state index contributed by atoms with van der Waals surface area (Å²) in [5.74, 6) is 0.891. The van der Waals surface area contributed by atoms with Crippen molar-refractivity contribution in [3.05, 3.63) is 29.8 Å². The first-order valence-corrected chi connectivity index (χ1v) is 4.88. The lowest BCUT2D eigenvalue weighted by Gasteiger charge is -2.10. The number of benzene rings is 1. The van der Waals surface area contributed by atoms with Crippen molar-refractivity contribution in [2.45, 2.75) is 32.6 Å². The molecule has 0 saturated heterocycles. The second-order valence-electron chi connectivity index (χ2n) is 3.73. The summed E-state index contributed by atoms with van der Waals surface area (Å²) in [5.41, 5.74) is 1.17. The SMILES string of the molecule is CC(=O)CCC(C)c1ccc(O)cc1. The maximum Gasteiger partial charge on any atom is 0.129 e. The smallest absolute Gasteiger partial charge is 0.129 e. The minimum Gasteiger partial charge on any atom is -0.508 e. The highest BCUT2D eigenvalue weighted by Crippen LogP contribution is 2.22. The van der Waals surface area contributed by atoms with E-state index in [2.05, 4.69) is 6.92 Å². The van der Waals surface area contributed by atoms with Crippen LogP contribution in [0, 0.1) is 0 Å². The fraction of sp³-hybridized carbons (Fsp3) is 0.417. The van der Waals surface area contributed by atoms with Gasteiger partial charge in [-0.3, -0.25) is 0 Å². The van der Waals surface area contributed by atoms with Gasteiger partial charge in [-0.05, 0) is 37.0 Å². The van der Waals surface area contributed by atoms with E-state index in [0.29, 0.717) is 12.3 Å². The Bertz CT molecular complexity index is 301. The second-order valence-corrected chi connectivity index (χ2v) is 3.73. The molecule has 0 bridgehead atoms. The molecule has 1 N–H and O–H groups in total. The van der Waals surface area contributed by atoms with Crippen molar-refractivity contribution in [2.75, 3.05) is 0 Å². The van der Waals surface area contributed by atoms with Gasteiger partial charge in [0.1, 0.15) is 11.5 Å². The lowest BCUT2D eigenvalue weighted by Crippen LogP contribution is -1.97. The topological polar surface area (TPSA) is 37.3 Å². The van der Waals surface area contributed by atoms with Gasteiger partial charge in [0.25, 0.3) is 0 Å². The van der Waals surface area contributed by atoms with E-state index >= 15 is 0 Å². The number of aromatic hydroxyl groups is 1. The first kappa shape index (κ1) is 10.8. The van der Waals surface area contributed by atoms with Crippen LogP contribution in [0.5, 0.6) is 5.75 Å². The molecule has 1 unspecified atom stereocenters. The number of carbonyl (C=O) groups excluding carboxylic acids is 1. The van der Waals surface area contributed by atoms with E-state index in [1.54, 1.807) is 19.1 Å². The molecule has 0 aliphatic carbocycles. The highest BCUT2D eigenvalue weighted by atomic mass is 16.3. The number of hydrogen-bond donors (Lipinski definition) is 1. The molecule has 0 spiro atoms. The first-order valence-electron chi connectivity index (χ1n) is 4.88. The Labute approximate surface area is 84.6 Å². The van der Waals surface area contributed by atoms with E-state index in [1.807, 2.05) is 12.1 Å². The molecule has 0 amide bonds.